The van der Waals surface area contributed by atoms with Crippen LogP contribution < -0.4 is 0 Å². The fourth-order valence-electron chi connectivity index (χ4n) is 0.991. The van der Waals surface area contributed by atoms with Gasteiger partial charge in [0.2, 0.25) is 5.91 Å². The molecule has 0 radical (unpaired) electrons. The van der Waals surface area contributed by atoms with Gasteiger partial charge < -0.3 is 14.9 Å². The standard InChI is InChI=1S/C9H18N2O3S/c1-10(2)4-5-11(6-9(13)14)8(12)7-15-3/h4-7H2,1-3H3,(H,13,14). The van der Waals surface area contributed by atoms with Crippen LogP contribution in [0.5, 0.6) is 0 Å². The van der Waals surface area contributed by atoms with Crippen molar-refractivity contribution in [1.82, 2.24) is 9.80 Å². The highest BCUT2D eigenvalue weighted by Gasteiger charge is 2.15. The Morgan fingerprint density at radius 3 is 2.27 bits per heavy atom. The molecular formula is C9H18N2O3S. The van der Waals surface area contributed by atoms with Gasteiger partial charge in [-0.05, 0) is 20.4 Å². The fraction of sp³-hybridized carbons (Fsp3) is 0.778. The predicted molar refractivity (Wildman–Crippen MR) is 61.2 cm³/mol. The topological polar surface area (TPSA) is 60.9 Å². The zero-order chi connectivity index (χ0) is 11.8. The number of likely N-dealkylation sites (N-methyl/N-ethyl adjacent to an activating group) is 1. The van der Waals surface area contributed by atoms with Gasteiger partial charge in [0, 0.05) is 13.1 Å². The molecule has 0 bridgehead atoms. The summed E-state index contributed by atoms with van der Waals surface area (Å²) in [4.78, 5) is 25.4. The van der Waals surface area contributed by atoms with E-state index in [0.29, 0.717) is 18.8 Å². The molecule has 0 fully saturated rings. The molecule has 1 amide bonds. The number of aliphatic carboxylic acids is 1. The summed E-state index contributed by atoms with van der Waals surface area (Å²) in [5.41, 5.74) is 0. The largest absolute Gasteiger partial charge is 0.480 e. The minimum atomic E-state index is -0.969. The van der Waals surface area contributed by atoms with Gasteiger partial charge in [-0.15, -0.1) is 0 Å². The highest BCUT2D eigenvalue weighted by Crippen LogP contribution is 1.98. The molecule has 0 unspecified atom stereocenters. The minimum Gasteiger partial charge on any atom is -0.480 e. The van der Waals surface area contributed by atoms with Crippen molar-refractivity contribution >= 4 is 23.6 Å². The maximum absolute atomic E-state index is 11.5. The highest BCUT2D eigenvalue weighted by molar-refractivity contribution is 7.99. The zero-order valence-electron chi connectivity index (χ0n) is 9.39. The Morgan fingerprint density at radius 1 is 1.27 bits per heavy atom. The van der Waals surface area contributed by atoms with E-state index in [1.807, 2.05) is 25.3 Å². The average molecular weight is 234 g/mol. The molecule has 0 rings (SSSR count). The molecule has 0 atom stereocenters. The zero-order valence-corrected chi connectivity index (χ0v) is 10.2. The van der Waals surface area contributed by atoms with E-state index in [1.54, 1.807) is 0 Å². The number of thioether (sulfide) groups is 1. The number of amides is 1. The van der Waals surface area contributed by atoms with Crippen LogP contribution in [0.25, 0.3) is 0 Å². The van der Waals surface area contributed by atoms with E-state index in [9.17, 15) is 9.59 Å². The average Bonchev–Trinajstić information content (AvgIpc) is 2.11. The van der Waals surface area contributed by atoms with Crippen LogP contribution in [0.4, 0.5) is 0 Å². The highest BCUT2D eigenvalue weighted by atomic mass is 32.2. The first-order valence-electron chi connectivity index (χ1n) is 4.60. The van der Waals surface area contributed by atoms with Crippen molar-refractivity contribution in [3.63, 3.8) is 0 Å². The van der Waals surface area contributed by atoms with Crippen molar-refractivity contribution in [3.05, 3.63) is 0 Å². The van der Waals surface area contributed by atoms with Crippen molar-refractivity contribution in [2.75, 3.05) is 45.7 Å². The van der Waals surface area contributed by atoms with E-state index in [0.717, 1.165) is 0 Å². The Labute approximate surface area is 94.4 Å². The Kier molecular flexibility index (Phi) is 7.15. The molecule has 0 aliphatic carbocycles. The van der Waals surface area contributed by atoms with Gasteiger partial charge in [0.15, 0.2) is 0 Å². The third-order valence-corrected chi connectivity index (χ3v) is 2.30. The lowest BCUT2D eigenvalue weighted by Crippen LogP contribution is -2.40. The van der Waals surface area contributed by atoms with Crippen molar-refractivity contribution in [1.29, 1.82) is 0 Å². The van der Waals surface area contributed by atoms with Crippen LogP contribution in [0.2, 0.25) is 0 Å². The molecule has 5 nitrogen and oxygen atoms in total. The molecule has 0 aromatic heterocycles. The molecule has 0 aliphatic heterocycles. The van der Waals surface area contributed by atoms with E-state index in [1.165, 1.54) is 16.7 Å². The van der Waals surface area contributed by atoms with Crippen LogP contribution in [0, 0.1) is 0 Å². The third-order valence-electron chi connectivity index (χ3n) is 1.76. The van der Waals surface area contributed by atoms with Gasteiger partial charge in [-0.1, -0.05) is 0 Å². The Hall–Kier alpha value is -0.750. The summed E-state index contributed by atoms with van der Waals surface area (Å²) in [5.74, 6) is -0.754. The smallest absolute Gasteiger partial charge is 0.323 e. The first kappa shape index (κ1) is 14.2. The Bertz CT molecular complexity index is 221. The number of nitrogens with zero attached hydrogens (tertiary/aromatic N) is 2. The lowest BCUT2D eigenvalue weighted by atomic mass is 10.4. The van der Waals surface area contributed by atoms with Crippen molar-refractivity contribution < 1.29 is 14.7 Å². The van der Waals surface area contributed by atoms with Gasteiger partial charge >= 0.3 is 5.97 Å². The van der Waals surface area contributed by atoms with Crippen molar-refractivity contribution in [2.45, 2.75) is 0 Å². The van der Waals surface area contributed by atoms with E-state index in [4.69, 9.17) is 5.11 Å². The second kappa shape index (κ2) is 7.53. The monoisotopic (exact) mass is 234 g/mol. The number of hydrogen-bond acceptors (Lipinski definition) is 4. The summed E-state index contributed by atoms with van der Waals surface area (Å²) in [6, 6.07) is 0. The number of hydrogen-bond donors (Lipinski definition) is 1. The summed E-state index contributed by atoms with van der Waals surface area (Å²) >= 11 is 1.40. The number of carboxylic acids is 1. The molecule has 0 saturated carbocycles. The molecule has 0 aliphatic rings. The van der Waals surface area contributed by atoms with Gasteiger partial charge in [-0.25, -0.2) is 0 Å². The summed E-state index contributed by atoms with van der Waals surface area (Å²) in [5, 5.41) is 8.65. The quantitative estimate of drug-likeness (QED) is 0.662. The molecule has 0 aromatic rings. The molecular weight excluding hydrogens is 216 g/mol. The van der Waals surface area contributed by atoms with Gasteiger partial charge in [-0.3, -0.25) is 9.59 Å². The summed E-state index contributed by atoms with van der Waals surface area (Å²) in [6.07, 6.45) is 1.82. The van der Waals surface area contributed by atoms with Crippen LogP contribution in [0.1, 0.15) is 0 Å². The molecule has 6 heteroatoms. The van der Waals surface area contributed by atoms with Gasteiger partial charge in [0.25, 0.3) is 0 Å². The molecule has 0 spiro atoms. The van der Waals surface area contributed by atoms with E-state index in [-0.39, 0.29) is 12.5 Å². The predicted octanol–water partition coefficient (Wildman–Crippen LogP) is -0.176. The van der Waals surface area contributed by atoms with Crippen LogP contribution in [0.3, 0.4) is 0 Å². The van der Waals surface area contributed by atoms with Gasteiger partial charge in [0.05, 0.1) is 5.75 Å². The van der Waals surface area contributed by atoms with E-state index < -0.39 is 5.97 Å². The van der Waals surface area contributed by atoms with Gasteiger partial charge in [0.1, 0.15) is 6.54 Å². The minimum absolute atomic E-state index is 0.119. The maximum Gasteiger partial charge on any atom is 0.323 e. The molecule has 0 aromatic carbocycles. The Balaban J connectivity index is 4.17. The summed E-state index contributed by atoms with van der Waals surface area (Å²) < 4.78 is 0. The fourth-order valence-corrected chi connectivity index (χ4v) is 1.42. The van der Waals surface area contributed by atoms with Crippen LogP contribution in [-0.4, -0.2) is 72.5 Å². The first-order chi connectivity index (χ1) is 6.97. The molecule has 1 N–H and O–H groups in total. The molecule has 15 heavy (non-hydrogen) atoms. The molecule has 88 valence electrons. The second-order valence-electron chi connectivity index (χ2n) is 3.45. The maximum atomic E-state index is 11.5. The number of carbonyl (C=O) groups is 2. The van der Waals surface area contributed by atoms with Crippen molar-refractivity contribution in [3.8, 4) is 0 Å². The van der Waals surface area contributed by atoms with E-state index >= 15 is 0 Å². The SMILES string of the molecule is CSCC(=O)N(CCN(C)C)CC(=O)O. The normalized spacial score (nSPS) is 10.4. The van der Waals surface area contributed by atoms with Crippen LogP contribution >= 0.6 is 11.8 Å². The molecule has 0 heterocycles. The third kappa shape index (κ3) is 7.21. The first-order valence-corrected chi connectivity index (χ1v) is 6.00. The number of rotatable bonds is 7. The van der Waals surface area contributed by atoms with E-state index in [2.05, 4.69) is 0 Å². The number of carboxylic acid groups (broad SMARTS) is 1. The summed E-state index contributed by atoms with van der Waals surface area (Å²) in [7, 11) is 3.77. The lowest BCUT2D eigenvalue weighted by molar-refractivity contribution is -0.143. The van der Waals surface area contributed by atoms with Gasteiger partial charge in [-0.2, -0.15) is 11.8 Å². The molecule has 0 saturated heterocycles. The second-order valence-corrected chi connectivity index (χ2v) is 4.31. The summed E-state index contributed by atoms with van der Waals surface area (Å²) in [6.45, 7) is 0.916. The Morgan fingerprint density at radius 2 is 1.87 bits per heavy atom. The lowest BCUT2D eigenvalue weighted by Gasteiger charge is -2.22. The van der Waals surface area contributed by atoms with Crippen LogP contribution in [0.15, 0.2) is 0 Å². The number of carbonyl (C=O) groups excluding carboxylic acids is 1. The van der Waals surface area contributed by atoms with Crippen molar-refractivity contribution in [2.24, 2.45) is 0 Å². The van der Waals surface area contributed by atoms with Crippen LogP contribution in [-0.2, 0) is 9.59 Å².